The summed E-state index contributed by atoms with van der Waals surface area (Å²) in [5.74, 6) is 1.16. The molecule has 0 radical (unpaired) electrons. The van der Waals surface area contributed by atoms with Gasteiger partial charge in [-0.2, -0.15) is 28.1 Å². The van der Waals surface area contributed by atoms with Gasteiger partial charge in [0.05, 0.1) is 10.6 Å². The highest BCUT2D eigenvalue weighted by atomic mass is 35.5. The first kappa shape index (κ1) is 24.5. The molecule has 2 aromatic rings. The number of benzene rings is 1. The third kappa shape index (κ3) is 7.44. The molecular formula is C19H26ClF3N8. The zero-order valence-corrected chi connectivity index (χ0v) is 18.4. The average molecular weight is 459 g/mol. The lowest BCUT2D eigenvalue weighted by Crippen LogP contribution is -2.30. The molecule has 0 amide bonds. The lowest BCUT2D eigenvalue weighted by molar-refractivity contribution is -0.137. The molecule has 0 bridgehead atoms. The summed E-state index contributed by atoms with van der Waals surface area (Å²) in [6, 6.07) is 5.09. The summed E-state index contributed by atoms with van der Waals surface area (Å²) in [6.07, 6.45) is -4.54. The summed E-state index contributed by atoms with van der Waals surface area (Å²) in [7, 11) is 3.65. The summed E-state index contributed by atoms with van der Waals surface area (Å²) < 4.78 is 38.5. The Morgan fingerprint density at radius 1 is 1.26 bits per heavy atom. The predicted molar refractivity (Wildman–Crippen MR) is 119 cm³/mol. The van der Waals surface area contributed by atoms with Crippen LogP contribution < -0.4 is 26.6 Å². The number of hydrogen-bond donors (Lipinski definition) is 4. The molecule has 1 aromatic heterocycles. The Balaban J connectivity index is 2.23. The minimum absolute atomic E-state index is 0.0901. The number of alkyl halides is 3. The van der Waals surface area contributed by atoms with Crippen molar-refractivity contribution in [1.82, 2.24) is 15.3 Å². The van der Waals surface area contributed by atoms with E-state index in [4.69, 9.17) is 17.3 Å². The number of likely N-dealkylation sites (N-methyl/N-ethyl adjacent to an activating group) is 1. The number of rotatable bonds is 8. The van der Waals surface area contributed by atoms with E-state index in [0.29, 0.717) is 11.6 Å². The van der Waals surface area contributed by atoms with Gasteiger partial charge >= 0.3 is 6.18 Å². The first-order valence-electron chi connectivity index (χ1n) is 9.51. The highest BCUT2D eigenvalue weighted by molar-refractivity contribution is 6.31. The maximum atomic E-state index is 12.8. The van der Waals surface area contributed by atoms with E-state index in [1.807, 2.05) is 27.9 Å². The Hall–Kier alpha value is -2.79. The molecule has 0 saturated carbocycles. The van der Waals surface area contributed by atoms with E-state index in [9.17, 15) is 13.2 Å². The quantitative estimate of drug-likeness (QED) is 0.353. The Morgan fingerprint density at radius 2 is 1.97 bits per heavy atom. The van der Waals surface area contributed by atoms with Crippen LogP contribution in [-0.4, -0.2) is 49.2 Å². The van der Waals surface area contributed by atoms with Crippen LogP contribution in [-0.2, 0) is 6.18 Å². The molecule has 1 atom stereocenters. The lowest BCUT2D eigenvalue weighted by atomic mass is 10.2. The van der Waals surface area contributed by atoms with Gasteiger partial charge < -0.3 is 26.6 Å². The minimum Gasteiger partial charge on any atom is -0.369 e. The summed E-state index contributed by atoms with van der Waals surface area (Å²) >= 11 is 5.73. The molecule has 8 nitrogen and oxygen atoms in total. The number of nitrogens with one attached hydrogen (secondary N) is 3. The number of guanidine groups is 1. The SMILES string of the molecule is CCNCC(C)Nc1cc(N(C)C)nc(/N=C(\N)Nc2ccc(C(F)(F)F)c(Cl)c2)n1. The predicted octanol–water partition coefficient (Wildman–Crippen LogP) is 3.68. The summed E-state index contributed by atoms with van der Waals surface area (Å²) in [6.45, 7) is 5.63. The standard InChI is InChI=1S/C19H26ClF3N8/c1-5-25-10-11(2)26-15-9-16(31(3)4)29-18(28-15)30-17(24)27-12-6-7-13(14(20)8-12)19(21,22)23/h6-9,11,25H,5,10H2,1-4H3,(H4,24,26,27,28,29,30). The van der Waals surface area contributed by atoms with Crippen LogP contribution in [0.1, 0.15) is 19.4 Å². The van der Waals surface area contributed by atoms with E-state index in [1.54, 1.807) is 11.0 Å². The van der Waals surface area contributed by atoms with Gasteiger partial charge in [0.2, 0.25) is 5.96 Å². The van der Waals surface area contributed by atoms with Gasteiger partial charge in [0.1, 0.15) is 11.6 Å². The minimum atomic E-state index is -4.54. The first-order chi connectivity index (χ1) is 14.5. The molecule has 0 spiro atoms. The molecule has 12 heteroatoms. The Kier molecular flexibility index (Phi) is 8.28. The second-order valence-electron chi connectivity index (χ2n) is 6.97. The van der Waals surface area contributed by atoms with E-state index in [-0.39, 0.29) is 23.6 Å². The van der Waals surface area contributed by atoms with Crippen LogP contribution in [0.2, 0.25) is 5.02 Å². The fourth-order valence-electron chi connectivity index (χ4n) is 2.55. The number of aromatic nitrogens is 2. The number of anilines is 3. The molecule has 0 aliphatic rings. The van der Waals surface area contributed by atoms with Crippen molar-refractivity contribution >= 4 is 40.8 Å². The van der Waals surface area contributed by atoms with Crippen LogP contribution >= 0.6 is 11.6 Å². The van der Waals surface area contributed by atoms with Crippen molar-refractivity contribution in [3.63, 3.8) is 0 Å². The van der Waals surface area contributed by atoms with Crippen molar-refractivity contribution in [2.45, 2.75) is 26.1 Å². The zero-order valence-electron chi connectivity index (χ0n) is 17.7. The largest absolute Gasteiger partial charge is 0.417 e. The second kappa shape index (κ2) is 10.5. The molecule has 0 aliphatic heterocycles. The van der Waals surface area contributed by atoms with Gasteiger partial charge in [-0.15, -0.1) is 0 Å². The highest BCUT2D eigenvalue weighted by Crippen LogP contribution is 2.35. The van der Waals surface area contributed by atoms with Crippen molar-refractivity contribution in [2.24, 2.45) is 10.7 Å². The van der Waals surface area contributed by atoms with E-state index in [0.717, 1.165) is 25.2 Å². The third-order valence-corrected chi connectivity index (χ3v) is 4.33. The van der Waals surface area contributed by atoms with Gasteiger partial charge in [-0.05, 0) is 31.7 Å². The van der Waals surface area contributed by atoms with E-state index in [1.165, 1.54) is 6.07 Å². The number of halogens is 4. The normalized spacial score (nSPS) is 13.1. The van der Waals surface area contributed by atoms with Crippen molar-refractivity contribution in [3.8, 4) is 0 Å². The van der Waals surface area contributed by atoms with Gasteiger partial charge in [-0.3, -0.25) is 0 Å². The van der Waals surface area contributed by atoms with Crippen LogP contribution in [0.3, 0.4) is 0 Å². The Bertz CT molecular complexity index is 918. The van der Waals surface area contributed by atoms with Crippen LogP contribution in [0.15, 0.2) is 29.3 Å². The van der Waals surface area contributed by atoms with Crippen LogP contribution in [0.25, 0.3) is 0 Å². The van der Waals surface area contributed by atoms with Gasteiger partial charge in [-0.1, -0.05) is 18.5 Å². The topological polar surface area (TPSA) is 103 Å². The molecule has 31 heavy (non-hydrogen) atoms. The maximum Gasteiger partial charge on any atom is 0.417 e. The zero-order chi connectivity index (χ0) is 23.2. The Labute approximate surface area is 184 Å². The number of aliphatic imine (C=N–C) groups is 1. The van der Waals surface area contributed by atoms with Crippen molar-refractivity contribution in [3.05, 3.63) is 34.9 Å². The molecular weight excluding hydrogens is 433 g/mol. The fourth-order valence-corrected chi connectivity index (χ4v) is 2.83. The lowest BCUT2D eigenvalue weighted by Gasteiger charge is -2.17. The van der Waals surface area contributed by atoms with Gasteiger partial charge in [0.25, 0.3) is 5.95 Å². The fraction of sp³-hybridized carbons (Fsp3) is 0.421. The average Bonchev–Trinajstić information content (AvgIpc) is 2.65. The molecule has 1 aromatic carbocycles. The van der Waals surface area contributed by atoms with Gasteiger partial charge in [-0.25, -0.2) is 0 Å². The smallest absolute Gasteiger partial charge is 0.369 e. The molecule has 170 valence electrons. The van der Waals surface area contributed by atoms with E-state index < -0.39 is 16.8 Å². The molecule has 0 saturated heterocycles. The first-order valence-corrected chi connectivity index (χ1v) is 9.89. The van der Waals surface area contributed by atoms with Crippen LogP contribution in [0, 0.1) is 0 Å². The maximum absolute atomic E-state index is 12.8. The van der Waals surface area contributed by atoms with Crippen LogP contribution in [0.5, 0.6) is 0 Å². The molecule has 5 N–H and O–H groups in total. The van der Waals surface area contributed by atoms with Crippen molar-refractivity contribution < 1.29 is 13.2 Å². The summed E-state index contributed by atoms with van der Waals surface area (Å²) in [4.78, 5) is 14.6. The van der Waals surface area contributed by atoms with Crippen molar-refractivity contribution in [2.75, 3.05) is 42.7 Å². The molecule has 2 rings (SSSR count). The monoisotopic (exact) mass is 458 g/mol. The molecule has 1 unspecified atom stereocenters. The van der Waals surface area contributed by atoms with E-state index in [2.05, 4.69) is 30.9 Å². The number of nitrogens with two attached hydrogens (primary N) is 1. The highest BCUT2D eigenvalue weighted by Gasteiger charge is 2.33. The Morgan fingerprint density at radius 3 is 2.55 bits per heavy atom. The molecule has 1 heterocycles. The van der Waals surface area contributed by atoms with E-state index >= 15 is 0 Å². The molecule has 0 fully saturated rings. The van der Waals surface area contributed by atoms with Crippen molar-refractivity contribution in [1.29, 1.82) is 0 Å². The summed E-state index contributed by atoms with van der Waals surface area (Å²) in [5, 5.41) is 8.76. The second-order valence-corrected chi connectivity index (χ2v) is 7.38. The van der Waals surface area contributed by atoms with Gasteiger partial charge in [0, 0.05) is 38.4 Å². The number of nitrogens with zero attached hydrogens (tertiary/aromatic N) is 4. The third-order valence-electron chi connectivity index (χ3n) is 4.02. The van der Waals surface area contributed by atoms with Gasteiger partial charge in [0.15, 0.2) is 0 Å². The summed E-state index contributed by atoms with van der Waals surface area (Å²) in [5.41, 5.74) is 5.22. The number of hydrogen-bond acceptors (Lipinski definition) is 6. The van der Waals surface area contributed by atoms with Crippen LogP contribution in [0.4, 0.5) is 36.4 Å². The molecule has 0 aliphatic carbocycles.